The lowest BCUT2D eigenvalue weighted by Gasteiger charge is -2.02. The lowest BCUT2D eigenvalue weighted by atomic mass is 10.3. The van der Waals surface area contributed by atoms with Crippen LogP contribution in [0.1, 0.15) is 12.8 Å². The Morgan fingerprint density at radius 3 is 2.57 bits per heavy atom. The summed E-state index contributed by atoms with van der Waals surface area (Å²) < 4.78 is 9.47. The average molecular weight is 200 g/mol. The Labute approximate surface area is 82.0 Å². The minimum Gasteiger partial charge on any atom is -0.481 e. The van der Waals surface area contributed by atoms with E-state index in [2.05, 4.69) is 10.7 Å². The third-order valence-corrected chi connectivity index (χ3v) is 1.22. The molecule has 1 N–H and O–H groups in total. The summed E-state index contributed by atoms with van der Waals surface area (Å²) in [5, 5.41) is 8.25. The molecule has 0 radical (unpaired) electrons. The van der Waals surface area contributed by atoms with Gasteiger partial charge in [0.2, 0.25) is 0 Å². The Kier molecular flexibility index (Phi) is 7.19. The van der Waals surface area contributed by atoms with Gasteiger partial charge in [-0.15, -0.1) is 6.42 Å². The van der Waals surface area contributed by atoms with Crippen LogP contribution in [0.2, 0.25) is 0 Å². The maximum absolute atomic E-state index is 10.8. The standard InChI is InChI=1S/C9H12O5/c1-2-5-13-6-7-14-9(12)4-3-8(10)11/h1H,3-7H2,(H,10,11). The molecular weight excluding hydrogens is 188 g/mol. The van der Waals surface area contributed by atoms with E-state index in [4.69, 9.17) is 16.3 Å². The predicted octanol–water partition coefficient (Wildman–Crippen LogP) is 0.0442. The van der Waals surface area contributed by atoms with Gasteiger partial charge in [0.25, 0.3) is 0 Å². The van der Waals surface area contributed by atoms with E-state index in [1.807, 2.05) is 0 Å². The molecule has 0 bridgehead atoms. The van der Waals surface area contributed by atoms with Gasteiger partial charge in [0, 0.05) is 0 Å². The van der Waals surface area contributed by atoms with Crippen LogP contribution in [0.3, 0.4) is 0 Å². The normalized spacial score (nSPS) is 9.07. The van der Waals surface area contributed by atoms with E-state index in [0.29, 0.717) is 0 Å². The summed E-state index contributed by atoms with van der Waals surface area (Å²) in [5.74, 6) is 0.688. The molecule has 0 atom stereocenters. The van der Waals surface area contributed by atoms with Crippen molar-refractivity contribution in [2.45, 2.75) is 12.8 Å². The van der Waals surface area contributed by atoms with Gasteiger partial charge in [-0.3, -0.25) is 9.59 Å². The molecular formula is C9H12O5. The Morgan fingerprint density at radius 2 is 2.00 bits per heavy atom. The molecule has 0 unspecified atom stereocenters. The zero-order chi connectivity index (χ0) is 10.8. The van der Waals surface area contributed by atoms with Crippen LogP contribution in [0, 0.1) is 12.3 Å². The van der Waals surface area contributed by atoms with Gasteiger partial charge in [0.15, 0.2) is 0 Å². The molecule has 0 spiro atoms. The molecule has 0 aliphatic heterocycles. The minimum absolute atomic E-state index is 0.0974. The van der Waals surface area contributed by atoms with Crippen molar-refractivity contribution in [1.29, 1.82) is 0 Å². The summed E-state index contributed by atoms with van der Waals surface area (Å²) in [4.78, 5) is 20.9. The summed E-state index contributed by atoms with van der Waals surface area (Å²) in [7, 11) is 0. The Morgan fingerprint density at radius 1 is 1.29 bits per heavy atom. The maximum atomic E-state index is 10.8. The number of aliphatic carboxylic acids is 1. The van der Waals surface area contributed by atoms with Gasteiger partial charge < -0.3 is 14.6 Å². The summed E-state index contributed by atoms with van der Waals surface area (Å²) in [6.45, 7) is 0.496. The molecule has 0 rings (SSSR count). The fourth-order valence-corrected chi connectivity index (χ4v) is 0.627. The van der Waals surface area contributed by atoms with E-state index in [1.54, 1.807) is 0 Å². The van der Waals surface area contributed by atoms with Crippen molar-refractivity contribution in [2.24, 2.45) is 0 Å². The van der Waals surface area contributed by atoms with E-state index in [0.717, 1.165) is 0 Å². The van der Waals surface area contributed by atoms with E-state index in [9.17, 15) is 9.59 Å². The number of carbonyl (C=O) groups excluding carboxylic acids is 1. The molecule has 0 aromatic rings. The van der Waals surface area contributed by atoms with Gasteiger partial charge in [-0.25, -0.2) is 0 Å². The Hall–Kier alpha value is -1.54. The van der Waals surface area contributed by atoms with Gasteiger partial charge >= 0.3 is 11.9 Å². The monoisotopic (exact) mass is 200 g/mol. The number of carbonyl (C=O) groups is 2. The van der Waals surface area contributed by atoms with E-state index < -0.39 is 11.9 Å². The first-order valence-electron chi connectivity index (χ1n) is 4.05. The van der Waals surface area contributed by atoms with Crippen molar-refractivity contribution in [3.05, 3.63) is 0 Å². The molecule has 0 amide bonds. The molecule has 0 heterocycles. The van der Waals surface area contributed by atoms with Crippen molar-refractivity contribution in [3.8, 4) is 12.3 Å². The van der Waals surface area contributed by atoms with E-state index in [1.165, 1.54) is 0 Å². The highest BCUT2D eigenvalue weighted by Crippen LogP contribution is 1.92. The lowest BCUT2D eigenvalue weighted by molar-refractivity contribution is -0.148. The maximum Gasteiger partial charge on any atom is 0.306 e. The van der Waals surface area contributed by atoms with Gasteiger partial charge in [-0.1, -0.05) is 5.92 Å². The topological polar surface area (TPSA) is 72.8 Å². The molecule has 5 heteroatoms. The second kappa shape index (κ2) is 8.08. The third kappa shape index (κ3) is 8.56. The number of rotatable bonds is 7. The van der Waals surface area contributed by atoms with Crippen LogP contribution >= 0.6 is 0 Å². The molecule has 0 aliphatic rings. The quantitative estimate of drug-likeness (QED) is 0.357. The average Bonchev–Trinajstić information content (AvgIpc) is 2.14. The highest BCUT2D eigenvalue weighted by molar-refractivity contribution is 5.76. The zero-order valence-corrected chi connectivity index (χ0v) is 7.69. The molecule has 5 nitrogen and oxygen atoms in total. The number of hydrogen-bond acceptors (Lipinski definition) is 4. The number of terminal acetylenes is 1. The van der Waals surface area contributed by atoms with Crippen LogP contribution in [0.25, 0.3) is 0 Å². The molecule has 0 aromatic carbocycles. The van der Waals surface area contributed by atoms with Crippen molar-refractivity contribution in [3.63, 3.8) is 0 Å². The third-order valence-electron chi connectivity index (χ3n) is 1.22. The molecule has 78 valence electrons. The predicted molar refractivity (Wildman–Crippen MR) is 47.5 cm³/mol. The lowest BCUT2D eigenvalue weighted by Crippen LogP contribution is -2.11. The largest absolute Gasteiger partial charge is 0.481 e. The van der Waals surface area contributed by atoms with Crippen molar-refractivity contribution >= 4 is 11.9 Å². The second-order valence-electron chi connectivity index (χ2n) is 2.37. The van der Waals surface area contributed by atoms with Gasteiger partial charge in [-0.2, -0.15) is 0 Å². The Bertz CT molecular complexity index is 228. The van der Waals surface area contributed by atoms with Crippen LogP contribution in [-0.2, 0) is 19.1 Å². The smallest absolute Gasteiger partial charge is 0.306 e. The number of carboxylic acid groups (broad SMARTS) is 1. The Balaban J connectivity index is 3.28. The first-order chi connectivity index (χ1) is 6.66. The van der Waals surface area contributed by atoms with Gasteiger partial charge in [0.1, 0.15) is 13.2 Å². The van der Waals surface area contributed by atoms with Crippen molar-refractivity contribution in [1.82, 2.24) is 0 Å². The number of esters is 1. The summed E-state index contributed by atoms with van der Waals surface area (Å²) >= 11 is 0. The van der Waals surface area contributed by atoms with Gasteiger partial charge in [-0.05, 0) is 0 Å². The SMILES string of the molecule is C#CCOCCOC(=O)CCC(=O)O. The van der Waals surface area contributed by atoms with Crippen LogP contribution in [0.5, 0.6) is 0 Å². The van der Waals surface area contributed by atoms with Crippen molar-refractivity contribution < 1.29 is 24.2 Å². The first kappa shape index (κ1) is 12.5. The second-order valence-corrected chi connectivity index (χ2v) is 2.37. The molecule has 14 heavy (non-hydrogen) atoms. The highest BCUT2D eigenvalue weighted by Gasteiger charge is 2.05. The van der Waals surface area contributed by atoms with Crippen LogP contribution in [0.4, 0.5) is 0 Å². The summed E-state index contributed by atoms with van der Waals surface area (Å²) in [6, 6.07) is 0. The fraction of sp³-hybridized carbons (Fsp3) is 0.556. The minimum atomic E-state index is -1.02. The number of hydrogen-bond donors (Lipinski definition) is 1. The molecule has 0 fully saturated rings. The van der Waals surface area contributed by atoms with Gasteiger partial charge in [0.05, 0.1) is 19.4 Å². The summed E-state index contributed by atoms with van der Waals surface area (Å²) in [6.07, 6.45) is 4.56. The highest BCUT2D eigenvalue weighted by atomic mass is 16.6. The van der Waals surface area contributed by atoms with Crippen LogP contribution < -0.4 is 0 Å². The zero-order valence-electron chi connectivity index (χ0n) is 7.69. The van der Waals surface area contributed by atoms with Crippen molar-refractivity contribution in [2.75, 3.05) is 19.8 Å². The summed E-state index contributed by atoms with van der Waals surface area (Å²) in [5.41, 5.74) is 0. The number of carboxylic acids is 1. The van der Waals surface area contributed by atoms with Crippen LogP contribution in [0.15, 0.2) is 0 Å². The van der Waals surface area contributed by atoms with E-state index in [-0.39, 0.29) is 32.7 Å². The first-order valence-corrected chi connectivity index (χ1v) is 4.05. The van der Waals surface area contributed by atoms with E-state index >= 15 is 0 Å². The molecule has 0 saturated heterocycles. The number of ether oxygens (including phenoxy) is 2. The molecule has 0 aliphatic carbocycles. The molecule has 0 aromatic heterocycles. The van der Waals surface area contributed by atoms with Crippen LogP contribution in [-0.4, -0.2) is 36.9 Å². The molecule has 0 saturated carbocycles. The fourth-order valence-electron chi connectivity index (χ4n) is 0.627.